The van der Waals surface area contributed by atoms with Gasteiger partial charge in [0.25, 0.3) is 11.5 Å². The van der Waals surface area contributed by atoms with Gasteiger partial charge in [0.15, 0.2) is 10.8 Å². The van der Waals surface area contributed by atoms with Crippen molar-refractivity contribution in [2.75, 3.05) is 17.7 Å². The second-order valence-electron chi connectivity index (χ2n) is 7.21. The summed E-state index contributed by atoms with van der Waals surface area (Å²) in [6, 6.07) is 5.38. The van der Waals surface area contributed by atoms with Gasteiger partial charge in [-0.3, -0.25) is 14.2 Å². The van der Waals surface area contributed by atoms with Crippen LogP contribution >= 0.6 is 11.3 Å². The summed E-state index contributed by atoms with van der Waals surface area (Å²) in [7, 11) is 1.76. The molecule has 10 nitrogen and oxygen atoms in total. The van der Waals surface area contributed by atoms with Crippen molar-refractivity contribution in [3.63, 3.8) is 0 Å². The second kappa shape index (κ2) is 7.84. The SMILES string of the molecule is CNc1cc(Nc2cccn(-c3nccs3)c2=O)nc2c(C(=O)NC3CCC3)cnn12. The molecule has 0 aliphatic heterocycles. The molecule has 1 saturated carbocycles. The second-order valence-corrected chi connectivity index (χ2v) is 8.08. The molecule has 1 fully saturated rings. The van der Waals surface area contributed by atoms with Gasteiger partial charge < -0.3 is 16.0 Å². The molecule has 4 aromatic rings. The van der Waals surface area contributed by atoms with Crippen molar-refractivity contribution in [3.8, 4) is 5.13 Å². The molecular weight excluding hydrogens is 416 g/mol. The van der Waals surface area contributed by atoms with E-state index in [0.29, 0.717) is 33.7 Å². The van der Waals surface area contributed by atoms with Gasteiger partial charge in [0.05, 0.1) is 6.20 Å². The highest BCUT2D eigenvalue weighted by Crippen LogP contribution is 2.23. The van der Waals surface area contributed by atoms with Crippen LogP contribution in [0.3, 0.4) is 0 Å². The number of nitrogens with zero attached hydrogens (tertiary/aromatic N) is 5. The molecule has 158 valence electrons. The Morgan fingerprint density at radius 1 is 1.32 bits per heavy atom. The van der Waals surface area contributed by atoms with Crippen LogP contribution in [0.2, 0.25) is 0 Å². The molecule has 0 aromatic carbocycles. The first kappa shape index (κ1) is 19.2. The van der Waals surface area contributed by atoms with Crippen LogP contribution in [0.1, 0.15) is 29.6 Å². The Morgan fingerprint density at radius 3 is 2.90 bits per heavy atom. The standard InChI is InChI=1S/C20H20N8O2S/c1-21-16-10-15(25-14-6-3-8-27(19(14)30)20-22-7-9-31-20)26-17-13(11-23-28(16)17)18(29)24-12-4-2-5-12/h3,6-12,21H,2,4-5H2,1H3,(H,24,29)(H,25,26). The largest absolute Gasteiger partial charge is 0.373 e. The molecule has 0 atom stereocenters. The van der Waals surface area contributed by atoms with Gasteiger partial charge in [-0.25, -0.2) is 9.97 Å². The molecule has 1 amide bonds. The molecule has 4 heterocycles. The van der Waals surface area contributed by atoms with Crippen molar-refractivity contribution < 1.29 is 4.79 Å². The van der Waals surface area contributed by atoms with Crippen LogP contribution in [-0.4, -0.2) is 43.1 Å². The van der Waals surface area contributed by atoms with Gasteiger partial charge in [-0.05, 0) is 31.4 Å². The molecule has 4 aromatic heterocycles. The molecule has 5 rings (SSSR count). The minimum absolute atomic E-state index is 0.197. The lowest BCUT2D eigenvalue weighted by Gasteiger charge is -2.26. The third-order valence-electron chi connectivity index (χ3n) is 5.25. The Kier molecular flexibility index (Phi) is 4.86. The number of pyridine rings is 1. The monoisotopic (exact) mass is 436 g/mol. The molecule has 0 bridgehead atoms. The van der Waals surface area contributed by atoms with E-state index in [9.17, 15) is 9.59 Å². The van der Waals surface area contributed by atoms with Gasteiger partial charge in [-0.1, -0.05) is 0 Å². The summed E-state index contributed by atoms with van der Waals surface area (Å²) in [5.41, 5.74) is 0.890. The average Bonchev–Trinajstić information content (AvgIpc) is 3.41. The van der Waals surface area contributed by atoms with E-state index in [-0.39, 0.29) is 17.5 Å². The van der Waals surface area contributed by atoms with Crippen LogP contribution in [-0.2, 0) is 0 Å². The number of carbonyl (C=O) groups is 1. The van der Waals surface area contributed by atoms with Crippen LogP contribution in [0.5, 0.6) is 0 Å². The number of hydrogen-bond donors (Lipinski definition) is 3. The summed E-state index contributed by atoms with van der Waals surface area (Å²) >= 11 is 1.37. The highest BCUT2D eigenvalue weighted by molar-refractivity contribution is 7.12. The summed E-state index contributed by atoms with van der Waals surface area (Å²) in [4.78, 5) is 34.4. The third kappa shape index (κ3) is 3.52. The van der Waals surface area contributed by atoms with Crippen molar-refractivity contribution in [2.24, 2.45) is 0 Å². The predicted molar refractivity (Wildman–Crippen MR) is 119 cm³/mol. The van der Waals surface area contributed by atoms with Gasteiger partial charge in [0.2, 0.25) is 0 Å². The number of hydrogen-bond acceptors (Lipinski definition) is 8. The van der Waals surface area contributed by atoms with Gasteiger partial charge in [-0.2, -0.15) is 9.61 Å². The summed E-state index contributed by atoms with van der Waals surface area (Å²) in [5, 5.41) is 15.9. The smallest absolute Gasteiger partial charge is 0.280 e. The number of aromatic nitrogens is 5. The zero-order valence-electron chi connectivity index (χ0n) is 16.7. The number of anilines is 3. The molecule has 1 aliphatic rings. The molecule has 0 radical (unpaired) electrons. The van der Waals surface area contributed by atoms with Crippen LogP contribution in [0.25, 0.3) is 10.8 Å². The lowest BCUT2D eigenvalue weighted by atomic mass is 9.93. The van der Waals surface area contributed by atoms with E-state index in [1.807, 2.05) is 5.38 Å². The van der Waals surface area contributed by atoms with Crippen molar-refractivity contribution >= 4 is 40.2 Å². The van der Waals surface area contributed by atoms with Crippen molar-refractivity contribution in [3.05, 3.63) is 58.1 Å². The number of fused-ring (bicyclic) bond motifs is 1. The van der Waals surface area contributed by atoms with Crippen LogP contribution in [0, 0.1) is 0 Å². The van der Waals surface area contributed by atoms with Gasteiger partial charge >= 0.3 is 0 Å². The van der Waals surface area contributed by atoms with Crippen LogP contribution < -0.4 is 21.5 Å². The Balaban J connectivity index is 1.52. The first-order chi connectivity index (χ1) is 15.1. The van der Waals surface area contributed by atoms with Gasteiger partial charge in [0.1, 0.15) is 22.9 Å². The van der Waals surface area contributed by atoms with E-state index in [4.69, 9.17) is 0 Å². The fourth-order valence-electron chi connectivity index (χ4n) is 3.39. The summed E-state index contributed by atoms with van der Waals surface area (Å²) in [6.45, 7) is 0. The molecule has 0 unspecified atom stereocenters. The van der Waals surface area contributed by atoms with Crippen molar-refractivity contribution in [2.45, 2.75) is 25.3 Å². The number of rotatable bonds is 6. The first-order valence-electron chi connectivity index (χ1n) is 9.90. The maximum Gasteiger partial charge on any atom is 0.280 e. The third-order valence-corrected chi connectivity index (χ3v) is 6.02. The molecule has 31 heavy (non-hydrogen) atoms. The quantitative estimate of drug-likeness (QED) is 0.425. The Hall–Kier alpha value is -3.73. The van der Waals surface area contributed by atoms with E-state index in [2.05, 4.69) is 31.0 Å². The lowest BCUT2D eigenvalue weighted by molar-refractivity contribution is 0.0918. The zero-order chi connectivity index (χ0) is 21.4. The van der Waals surface area contributed by atoms with E-state index in [1.54, 1.807) is 42.2 Å². The van der Waals surface area contributed by atoms with Crippen LogP contribution in [0.4, 0.5) is 17.3 Å². The molecule has 0 saturated heterocycles. The Labute approximate surface area is 181 Å². The first-order valence-corrected chi connectivity index (χ1v) is 10.8. The lowest BCUT2D eigenvalue weighted by Crippen LogP contribution is -2.39. The molecular formula is C20H20N8O2S. The highest BCUT2D eigenvalue weighted by atomic mass is 32.1. The summed E-state index contributed by atoms with van der Waals surface area (Å²) in [5.74, 6) is 0.854. The number of amides is 1. The average molecular weight is 437 g/mol. The van der Waals surface area contributed by atoms with Crippen molar-refractivity contribution in [1.82, 2.24) is 29.5 Å². The maximum absolute atomic E-state index is 12.9. The molecule has 11 heteroatoms. The maximum atomic E-state index is 12.9. The normalized spacial score (nSPS) is 13.7. The number of carbonyl (C=O) groups excluding carboxylic acids is 1. The van der Waals surface area contributed by atoms with Gasteiger partial charge in [0, 0.05) is 36.9 Å². The topological polar surface area (TPSA) is 118 Å². The summed E-state index contributed by atoms with van der Waals surface area (Å²) < 4.78 is 3.04. The van der Waals surface area contributed by atoms with Crippen LogP contribution in [0.15, 0.2) is 47.0 Å². The zero-order valence-corrected chi connectivity index (χ0v) is 17.5. The van der Waals surface area contributed by atoms with E-state index < -0.39 is 0 Å². The Bertz CT molecular complexity index is 1310. The van der Waals surface area contributed by atoms with E-state index >= 15 is 0 Å². The predicted octanol–water partition coefficient (Wildman–Crippen LogP) is 2.40. The fraction of sp³-hybridized carbons (Fsp3) is 0.250. The molecule has 1 aliphatic carbocycles. The molecule has 0 spiro atoms. The summed E-state index contributed by atoms with van der Waals surface area (Å²) in [6.07, 6.45) is 7.95. The minimum atomic E-state index is -0.249. The van der Waals surface area contributed by atoms with E-state index in [1.165, 1.54) is 22.1 Å². The Morgan fingerprint density at radius 2 is 2.19 bits per heavy atom. The van der Waals surface area contributed by atoms with E-state index in [0.717, 1.165) is 19.3 Å². The molecule has 3 N–H and O–H groups in total. The fourth-order valence-corrected chi connectivity index (χ4v) is 4.02. The number of nitrogens with one attached hydrogen (secondary N) is 3. The van der Waals surface area contributed by atoms with Crippen molar-refractivity contribution in [1.29, 1.82) is 0 Å². The highest BCUT2D eigenvalue weighted by Gasteiger charge is 2.23. The number of thiazole rings is 1. The minimum Gasteiger partial charge on any atom is -0.373 e. The van der Waals surface area contributed by atoms with Gasteiger partial charge in [-0.15, -0.1) is 11.3 Å².